The Morgan fingerprint density at radius 1 is 1.00 bits per heavy atom. The Labute approximate surface area is 412 Å². The van der Waals surface area contributed by atoms with Crippen molar-refractivity contribution < 1.29 is 28.7 Å². The third-order valence-electron chi connectivity index (χ3n) is 13.3. The van der Waals surface area contributed by atoms with Gasteiger partial charge in [0, 0.05) is 37.8 Å². The van der Waals surface area contributed by atoms with Gasteiger partial charge in [0.05, 0.1) is 46.8 Å². The number of nitrogens with one attached hydrogen (secondary N) is 4. The Morgan fingerprint density at radius 3 is 2.49 bits per heavy atom. The number of carbonyl (C=O) groups excluding carboxylic acids is 4. The second-order valence-corrected chi connectivity index (χ2v) is 19.9. The third kappa shape index (κ3) is 10.8. The average Bonchev–Trinajstić information content (AvgIpc) is 4.21. The topological polar surface area (TPSA) is 222 Å². The molecule has 8 rings (SSSR count). The Balaban J connectivity index is 0.798. The van der Waals surface area contributed by atoms with Gasteiger partial charge in [0.25, 0.3) is 5.91 Å². The summed E-state index contributed by atoms with van der Waals surface area (Å²) in [5.41, 5.74) is 7.20. The number of ether oxygens (including phenoxy) is 2. The second kappa shape index (κ2) is 21.8. The van der Waals surface area contributed by atoms with Gasteiger partial charge >= 0.3 is 0 Å². The number of imidazole rings is 1. The summed E-state index contributed by atoms with van der Waals surface area (Å²) in [6.07, 6.45) is 10.2. The number of nitrogens with zero attached hydrogens (tertiary/aromatic N) is 8. The molecule has 19 heteroatoms. The van der Waals surface area contributed by atoms with E-state index in [2.05, 4.69) is 54.1 Å². The Morgan fingerprint density at radius 2 is 1.79 bits per heavy atom. The number of aromatic nitrogens is 5. The fourth-order valence-corrected chi connectivity index (χ4v) is 10.5. The van der Waals surface area contributed by atoms with Crippen molar-refractivity contribution in [2.24, 2.45) is 5.41 Å². The van der Waals surface area contributed by atoms with Crippen molar-refractivity contribution in [2.45, 2.75) is 117 Å². The minimum Gasteiger partial charge on any atom is -0.495 e. The van der Waals surface area contributed by atoms with Crippen molar-refractivity contribution >= 4 is 52.4 Å². The zero-order valence-electron chi connectivity index (χ0n) is 40.7. The van der Waals surface area contributed by atoms with Crippen LogP contribution in [-0.4, -0.2) is 105 Å². The van der Waals surface area contributed by atoms with E-state index < -0.39 is 23.4 Å². The van der Waals surface area contributed by atoms with Crippen LogP contribution in [0.4, 0.5) is 17.5 Å². The van der Waals surface area contributed by atoms with Crippen molar-refractivity contribution in [1.82, 2.24) is 45.4 Å². The van der Waals surface area contributed by atoms with Crippen LogP contribution in [0.5, 0.6) is 5.75 Å². The van der Waals surface area contributed by atoms with Crippen molar-refractivity contribution in [3.05, 3.63) is 88.7 Å². The number of thiazole rings is 1. The molecule has 0 bridgehead atoms. The molecule has 18 nitrogen and oxygen atoms in total. The van der Waals surface area contributed by atoms with E-state index in [-0.39, 0.29) is 49.6 Å². The van der Waals surface area contributed by atoms with Gasteiger partial charge in [0.15, 0.2) is 11.5 Å². The van der Waals surface area contributed by atoms with Crippen molar-refractivity contribution in [3.8, 4) is 27.9 Å². The van der Waals surface area contributed by atoms with Gasteiger partial charge in [-0.05, 0) is 80.2 Å². The minimum absolute atomic E-state index is 0.0597. The van der Waals surface area contributed by atoms with Crippen LogP contribution in [-0.2, 0) is 25.7 Å². The molecular weight excluding hydrogens is 909 g/mol. The van der Waals surface area contributed by atoms with Crippen LogP contribution in [0.3, 0.4) is 0 Å². The van der Waals surface area contributed by atoms with E-state index >= 15 is 0 Å². The number of hydrogen-bond acceptors (Lipinski definition) is 14. The number of fused-ring (bicyclic) bond motifs is 3. The standard InChI is InChI=1S/C51H62N12O6S/c1-7-38-43-37(25-52)56-29-62(43)40-27-55-50(60-46(40)63(38)35-12-8-9-13-35)58-36-20-19-34(24-41(36)68-6)47(65)53-21-11-23-69-28-42(64)59-45(51(3,4)5)49(67)61-22-10-14-39(61)48(66)54-26-32-15-17-33(18-16-32)44-31(2)57-30-70-44/h15-20,24,27,29-30,35,38-39,45H,7-14,21-23,26,28H2,1-6H3,(H,53,65)(H,54,66)(H,59,64)(H,55,58,60)/t38-,39+,45-/m1/s1. The molecule has 1 saturated carbocycles. The van der Waals surface area contributed by atoms with Gasteiger partial charge in [-0.15, -0.1) is 11.3 Å². The number of amides is 4. The van der Waals surface area contributed by atoms with Crippen LogP contribution >= 0.6 is 11.3 Å². The van der Waals surface area contributed by atoms with E-state index in [1.54, 1.807) is 47.0 Å². The molecule has 1 saturated heterocycles. The van der Waals surface area contributed by atoms with Crippen LogP contribution in [0.2, 0.25) is 0 Å². The molecule has 70 heavy (non-hydrogen) atoms. The van der Waals surface area contributed by atoms with Gasteiger partial charge in [0.2, 0.25) is 23.7 Å². The molecular formula is C51H62N12O6S. The first-order valence-corrected chi connectivity index (χ1v) is 25.0. The Hall–Kier alpha value is -6.91. The normalized spacial score (nSPS) is 17.0. The Bertz CT molecular complexity index is 2740. The number of anilines is 3. The van der Waals surface area contributed by atoms with Crippen molar-refractivity contribution in [1.29, 1.82) is 5.26 Å². The number of aryl methyl sites for hydroxylation is 1. The van der Waals surface area contributed by atoms with E-state index in [1.807, 2.05) is 62.0 Å². The van der Waals surface area contributed by atoms with Crippen LogP contribution in [0.15, 0.2) is 60.5 Å². The summed E-state index contributed by atoms with van der Waals surface area (Å²) in [5, 5.41) is 22.0. The number of likely N-dealkylation sites (tertiary alicyclic amines) is 1. The van der Waals surface area contributed by atoms with Gasteiger partial charge in [0.1, 0.15) is 42.5 Å². The maximum atomic E-state index is 14.0. The summed E-state index contributed by atoms with van der Waals surface area (Å²) in [6, 6.07) is 14.1. The van der Waals surface area contributed by atoms with Gasteiger partial charge in [-0.25, -0.2) is 15.0 Å². The predicted octanol–water partition coefficient (Wildman–Crippen LogP) is 6.91. The van der Waals surface area contributed by atoms with E-state index in [9.17, 15) is 24.4 Å². The number of nitriles is 1. The molecule has 5 heterocycles. The lowest BCUT2D eigenvalue weighted by Gasteiger charge is -2.41. The highest BCUT2D eigenvalue weighted by atomic mass is 32.1. The van der Waals surface area contributed by atoms with Crippen molar-refractivity contribution in [3.63, 3.8) is 0 Å². The number of methoxy groups -OCH3 is 1. The van der Waals surface area contributed by atoms with Gasteiger partial charge in [-0.3, -0.25) is 23.7 Å². The van der Waals surface area contributed by atoms with Crippen LogP contribution < -0.4 is 30.9 Å². The molecule has 3 aliphatic rings. The first-order chi connectivity index (χ1) is 33.8. The SMILES string of the molecule is CC[C@@H]1c2c(C#N)ncn2-c2cnc(Nc3ccc(C(=O)NCCCOCC(=O)N[C@H](C(=O)N4CCC[C@H]4C(=O)NCc4ccc(-c5scnc5C)cc4)C(C)(C)C)cc3OC)nc2N1C1CCCC1. The van der Waals surface area contributed by atoms with E-state index in [4.69, 9.17) is 14.5 Å². The molecule has 0 radical (unpaired) electrons. The summed E-state index contributed by atoms with van der Waals surface area (Å²) in [6.45, 7) is 10.7. The quantitative estimate of drug-likeness (QED) is 0.0657. The fraction of sp³-hybridized carbons (Fsp3) is 0.471. The fourth-order valence-electron chi connectivity index (χ4n) is 9.70. The highest BCUT2D eigenvalue weighted by Gasteiger charge is 2.42. The summed E-state index contributed by atoms with van der Waals surface area (Å²) in [7, 11) is 1.53. The first kappa shape index (κ1) is 49.5. The minimum atomic E-state index is -0.880. The maximum absolute atomic E-state index is 14.0. The van der Waals surface area contributed by atoms with Gasteiger partial charge < -0.3 is 40.5 Å². The zero-order chi connectivity index (χ0) is 49.5. The maximum Gasteiger partial charge on any atom is 0.251 e. The monoisotopic (exact) mass is 970 g/mol. The highest BCUT2D eigenvalue weighted by Crippen LogP contribution is 2.45. The molecule has 2 aliphatic heterocycles. The summed E-state index contributed by atoms with van der Waals surface area (Å²) < 4.78 is 13.3. The predicted molar refractivity (Wildman–Crippen MR) is 266 cm³/mol. The van der Waals surface area contributed by atoms with E-state index in [0.29, 0.717) is 61.0 Å². The molecule has 2 aromatic carbocycles. The first-order valence-electron chi connectivity index (χ1n) is 24.1. The molecule has 4 N–H and O–H groups in total. The van der Waals surface area contributed by atoms with Gasteiger partial charge in [-0.1, -0.05) is 64.8 Å². The van der Waals surface area contributed by atoms with E-state index in [1.165, 1.54) is 7.11 Å². The number of hydrogen-bond donors (Lipinski definition) is 4. The molecule has 3 aromatic heterocycles. The largest absolute Gasteiger partial charge is 0.495 e. The van der Waals surface area contributed by atoms with Crippen LogP contribution in [0.25, 0.3) is 16.1 Å². The summed E-state index contributed by atoms with van der Waals surface area (Å²) >= 11 is 1.59. The average molecular weight is 971 g/mol. The molecule has 2 fully saturated rings. The van der Waals surface area contributed by atoms with Gasteiger partial charge in [-0.2, -0.15) is 10.2 Å². The second-order valence-electron chi connectivity index (χ2n) is 19.1. The molecule has 0 spiro atoms. The number of carbonyl (C=O) groups is 4. The lowest BCUT2D eigenvalue weighted by molar-refractivity contribution is -0.144. The summed E-state index contributed by atoms with van der Waals surface area (Å²) in [5.74, 6) is 0.275. The number of rotatable bonds is 18. The highest BCUT2D eigenvalue weighted by molar-refractivity contribution is 7.13. The van der Waals surface area contributed by atoms with Crippen molar-refractivity contribution in [2.75, 3.05) is 43.6 Å². The zero-order valence-corrected chi connectivity index (χ0v) is 41.5. The summed E-state index contributed by atoms with van der Waals surface area (Å²) in [4.78, 5) is 77.3. The lowest BCUT2D eigenvalue weighted by Crippen LogP contribution is -2.58. The lowest BCUT2D eigenvalue weighted by atomic mass is 9.85. The van der Waals surface area contributed by atoms with E-state index in [0.717, 1.165) is 71.0 Å². The molecule has 4 amide bonds. The van der Waals surface area contributed by atoms with Crippen LogP contribution in [0.1, 0.15) is 118 Å². The molecule has 3 atom stereocenters. The molecule has 368 valence electrons. The molecule has 5 aromatic rings. The molecule has 0 unspecified atom stereocenters. The third-order valence-corrected chi connectivity index (χ3v) is 14.3. The smallest absolute Gasteiger partial charge is 0.251 e. The number of benzene rings is 2. The Kier molecular flexibility index (Phi) is 15.4. The van der Waals surface area contributed by atoms with Crippen LogP contribution in [0, 0.1) is 23.7 Å². The molecule has 1 aliphatic carbocycles.